The summed E-state index contributed by atoms with van der Waals surface area (Å²) in [6.45, 7) is 0.241. The maximum Gasteiger partial charge on any atom is 0.269 e. The van der Waals surface area contributed by atoms with Crippen LogP contribution in [0.3, 0.4) is 0 Å². The topological polar surface area (TPSA) is 134 Å². The number of anilines is 2. The lowest BCUT2D eigenvalue weighted by atomic mass is 9.97. The number of carbonyl (C=O) groups is 1. The first-order chi connectivity index (χ1) is 15.5. The number of aromatic hydroxyl groups is 1. The summed E-state index contributed by atoms with van der Waals surface area (Å²) in [6.07, 6.45) is 0.420. The van der Waals surface area contributed by atoms with E-state index in [2.05, 4.69) is 26.6 Å². The van der Waals surface area contributed by atoms with Crippen LogP contribution in [0.1, 0.15) is 12.8 Å². The molecule has 1 saturated heterocycles. The first-order valence-corrected chi connectivity index (χ1v) is 12.6. The first-order valence-electron chi connectivity index (χ1n) is 9.52. The summed E-state index contributed by atoms with van der Waals surface area (Å²) in [6, 6.07) is 6.74. The maximum atomic E-state index is 13.7. The molecule has 0 bridgehead atoms. The number of thiocarbonyl (C=S) groups is 1. The largest absolute Gasteiger partial charge is 0.785 e. The highest BCUT2D eigenvalue weighted by Crippen LogP contribution is 2.37. The molecule has 4 N–H and O–H groups in total. The standard InChI is InChI=1S/C19H18BrClFN4O5S2/c20-15-12(22)2-1-3-13(15)23-19(32)24-14-5-4-11(21)17(16(14)27)33(30,31)25-18(28)10-6-8-26(29)9-7-10/h1-5,10,27H,6-9H2,(H,25,28)(H2,23,24,32)/q-1. The van der Waals surface area contributed by atoms with Gasteiger partial charge in [0.15, 0.2) is 10.9 Å². The molecule has 0 saturated carbocycles. The van der Waals surface area contributed by atoms with E-state index >= 15 is 0 Å². The summed E-state index contributed by atoms with van der Waals surface area (Å²) in [7, 11) is -4.55. The number of benzene rings is 2. The van der Waals surface area contributed by atoms with E-state index in [1.54, 1.807) is 6.07 Å². The predicted octanol–water partition coefficient (Wildman–Crippen LogP) is 3.77. The molecule has 0 spiro atoms. The Morgan fingerprint density at radius 1 is 1.21 bits per heavy atom. The third-order valence-electron chi connectivity index (χ3n) is 4.86. The van der Waals surface area contributed by atoms with Crippen molar-refractivity contribution in [2.24, 2.45) is 5.92 Å². The van der Waals surface area contributed by atoms with Crippen molar-refractivity contribution in [3.8, 4) is 5.75 Å². The van der Waals surface area contributed by atoms with Crippen molar-refractivity contribution in [1.82, 2.24) is 9.79 Å². The number of carbonyl (C=O) groups excluding carboxylic acids is 1. The molecule has 2 aromatic carbocycles. The van der Waals surface area contributed by atoms with E-state index in [0.29, 0.717) is 5.69 Å². The lowest BCUT2D eigenvalue weighted by molar-refractivity contribution is -0.124. The molecule has 2 aromatic rings. The highest BCUT2D eigenvalue weighted by atomic mass is 79.9. The van der Waals surface area contributed by atoms with Crippen LogP contribution in [0, 0.1) is 16.9 Å². The zero-order valence-corrected chi connectivity index (χ0v) is 20.7. The molecule has 1 heterocycles. The number of rotatable bonds is 5. The van der Waals surface area contributed by atoms with Crippen LogP contribution >= 0.6 is 39.7 Å². The molecule has 178 valence electrons. The van der Waals surface area contributed by atoms with Gasteiger partial charge in [-0.2, -0.15) is 0 Å². The molecule has 9 nitrogen and oxygen atoms in total. The highest BCUT2D eigenvalue weighted by Gasteiger charge is 2.30. The van der Waals surface area contributed by atoms with Crippen molar-refractivity contribution in [2.75, 3.05) is 23.7 Å². The Hall–Kier alpha value is -2.03. The fourth-order valence-corrected chi connectivity index (χ4v) is 5.43. The van der Waals surface area contributed by atoms with E-state index in [-0.39, 0.29) is 46.2 Å². The zero-order valence-electron chi connectivity index (χ0n) is 16.8. The lowest BCUT2D eigenvalue weighted by Crippen LogP contribution is -2.40. The van der Waals surface area contributed by atoms with Crippen LogP contribution < -0.4 is 15.4 Å². The second-order valence-electron chi connectivity index (χ2n) is 7.13. The van der Waals surface area contributed by atoms with Gasteiger partial charge in [-0.15, -0.1) is 0 Å². The molecule has 0 atom stereocenters. The third kappa shape index (κ3) is 6.11. The molecule has 14 heteroatoms. The zero-order chi connectivity index (χ0) is 24.3. The summed E-state index contributed by atoms with van der Waals surface area (Å²) < 4.78 is 41.4. The Morgan fingerprint density at radius 3 is 2.52 bits per heavy atom. The van der Waals surface area contributed by atoms with Gasteiger partial charge in [0.05, 0.1) is 20.9 Å². The third-order valence-corrected chi connectivity index (χ3v) is 7.72. The number of amides is 1. The van der Waals surface area contributed by atoms with Crippen LogP contribution in [0.15, 0.2) is 39.7 Å². The van der Waals surface area contributed by atoms with E-state index in [1.807, 2.05) is 4.72 Å². The summed E-state index contributed by atoms with van der Waals surface area (Å²) in [5, 5.41) is 27.6. The second kappa shape index (κ2) is 10.5. The fourth-order valence-electron chi connectivity index (χ4n) is 3.16. The maximum absolute atomic E-state index is 13.7. The number of hydroxylamine groups is 2. The average molecular weight is 581 g/mol. The van der Waals surface area contributed by atoms with Gasteiger partial charge < -0.3 is 26.0 Å². The van der Waals surface area contributed by atoms with Gasteiger partial charge in [-0.05, 0) is 78.3 Å². The number of nitrogens with zero attached hydrogens (tertiary/aromatic N) is 1. The molecular weight excluding hydrogens is 563 g/mol. The number of sulfonamides is 1. The minimum Gasteiger partial charge on any atom is -0.785 e. The molecule has 3 rings (SSSR count). The second-order valence-corrected chi connectivity index (χ2v) is 10.4. The molecular formula is C19H18BrClFN4O5S2-. The van der Waals surface area contributed by atoms with Gasteiger partial charge in [0.1, 0.15) is 10.7 Å². The highest BCUT2D eigenvalue weighted by molar-refractivity contribution is 9.10. The molecule has 0 unspecified atom stereocenters. The molecule has 33 heavy (non-hydrogen) atoms. The Bertz CT molecular complexity index is 1190. The van der Waals surface area contributed by atoms with Crippen molar-refractivity contribution in [3.05, 3.63) is 50.9 Å². The first kappa shape index (κ1) is 25.6. The van der Waals surface area contributed by atoms with Gasteiger partial charge in [0.25, 0.3) is 10.0 Å². The lowest BCUT2D eigenvalue weighted by Gasteiger charge is -2.35. The van der Waals surface area contributed by atoms with Gasteiger partial charge in [-0.3, -0.25) is 4.79 Å². The normalized spacial score (nSPS) is 15.2. The minimum atomic E-state index is -4.55. The molecule has 1 fully saturated rings. The van der Waals surface area contributed by atoms with Gasteiger partial charge in [0, 0.05) is 5.92 Å². The SMILES string of the molecule is O=C(NS(=O)(=O)c1c(Cl)ccc(NC(=S)Nc2cccc(F)c2Br)c1O)C1CCN([O-])CC1. The van der Waals surface area contributed by atoms with Crippen LogP contribution in [0.25, 0.3) is 0 Å². The Kier molecular flexibility index (Phi) is 8.13. The van der Waals surface area contributed by atoms with Gasteiger partial charge in [0.2, 0.25) is 5.91 Å². The predicted molar refractivity (Wildman–Crippen MR) is 130 cm³/mol. The number of piperidine rings is 1. The number of hydrogen-bond donors (Lipinski definition) is 4. The van der Waals surface area contributed by atoms with Gasteiger partial charge in [-0.1, -0.05) is 17.7 Å². The van der Waals surface area contributed by atoms with E-state index in [4.69, 9.17) is 23.8 Å². The average Bonchev–Trinajstić information content (AvgIpc) is 2.73. The Labute approximate surface area is 208 Å². The number of phenols is 1. The van der Waals surface area contributed by atoms with Crippen molar-refractivity contribution in [2.45, 2.75) is 17.7 Å². The molecule has 1 aliphatic heterocycles. The number of halogens is 3. The van der Waals surface area contributed by atoms with Crippen LogP contribution in [0.2, 0.25) is 5.02 Å². The Morgan fingerprint density at radius 2 is 1.85 bits per heavy atom. The molecule has 1 amide bonds. The van der Waals surface area contributed by atoms with E-state index < -0.39 is 38.3 Å². The number of hydrogen-bond acceptors (Lipinski definition) is 7. The van der Waals surface area contributed by atoms with Crippen molar-refractivity contribution in [1.29, 1.82) is 0 Å². The van der Waals surface area contributed by atoms with E-state index in [1.165, 1.54) is 24.3 Å². The van der Waals surface area contributed by atoms with Crippen molar-refractivity contribution >= 4 is 72.2 Å². The van der Waals surface area contributed by atoms with Crippen LogP contribution in [0.4, 0.5) is 15.8 Å². The van der Waals surface area contributed by atoms with Crippen molar-refractivity contribution in [3.63, 3.8) is 0 Å². The summed E-state index contributed by atoms with van der Waals surface area (Å²) in [5.41, 5.74) is 0.183. The van der Waals surface area contributed by atoms with E-state index in [9.17, 15) is 27.9 Å². The van der Waals surface area contributed by atoms with Gasteiger partial charge in [-0.25, -0.2) is 17.5 Å². The van der Waals surface area contributed by atoms with Crippen molar-refractivity contribution < 1.29 is 22.7 Å². The number of phenolic OH excluding ortho intramolecular Hbond substituents is 1. The van der Waals surface area contributed by atoms with Gasteiger partial charge >= 0.3 is 0 Å². The number of nitrogens with one attached hydrogen (secondary N) is 3. The minimum absolute atomic E-state index is 0.0734. The van der Waals surface area contributed by atoms with Crippen LogP contribution in [-0.4, -0.2) is 42.7 Å². The fraction of sp³-hybridized carbons (Fsp3) is 0.263. The quantitative estimate of drug-likeness (QED) is 0.308. The van der Waals surface area contributed by atoms with E-state index in [0.717, 1.165) is 5.06 Å². The summed E-state index contributed by atoms with van der Waals surface area (Å²) in [5.74, 6) is -2.74. The summed E-state index contributed by atoms with van der Waals surface area (Å²) >= 11 is 14.3. The smallest absolute Gasteiger partial charge is 0.269 e. The molecule has 0 radical (unpaired) electrons. The molecule has 0 aromatic heterocycles. The van der Waals surface area contributed by atoms with Crippen LogP contribution in [0.5, 0.6) is 5.75 Å². The monoisotopic (exact) mass is 579 g/mol. The Balaban J connectivity index is 1.79. The molecule has 0 aliphatic carbocycles. The van der Waals surface area contributed by atoms with Crippen LogP contribution in [-0.2, 0) is 14.8 Å². The summed E-state index contributed by atoms with van der Waals surface area (Å²) in [4.78, 5) is 11.7. The molecule has 1 aliphatic rings.